The van der Waals surface area contributed by atoms with Gasteiger partial charge in [-0.3, -0.25) is 0 Å². The summed E-state index contributed by atoms with van der Waals surface area (Å²) in [7, 11) is 0. The number of allylic oxidation sites excluding steroid dienone is 2. The van der Waals surface area contributed by atoms with Gasteiger partial charge in [-0.15, -0.1) is 0 Å². The smallest absolute Gasteiger partial charge is 0.226 e. The highest BCUT2D eigenvalue weighted by molar-refractivity contribution is 6.11. The Morgan fingerprint density at radius 1 is 0.438 bits per heavy atom. The molecule has 0 N–H and O–H groups in total. The maximum Gasteiger partial charge on any atom is 0.270 e. The predicted octanol–water partition coefficient (Wildman–Crippen LogP) is 10.2. The van der Waals surface area contributed by atoms with Crippen LogP contribution in [-0.4, -0.2) is 0 Å². The van der Waals surface area contributed by atoms with E-state index in [4.69, 9.17) is 13.1 Å². The van der Waals surface area contributed by atoms with Gasteiger partial charge in [0.2, 0.25) is 0 Å². The molecule has 2 aliphatic carbocycles. The van der Waals surface area contributed by atoms with E-state index in [2.05, 4.69) is 9.69 Å². The summed E-state index contributed by atoms with van der Waals surface area (Å²) >= 11 is 0. The minimum Gasteiger partial charge on any atom is -0.226 e. The summed E-state index contributed by atoms with van der Waals surface area (Å²) < 4.78 is 83.8. The molecule has 0 aromatic heterocycles. The molecule has 4 nitrogen and oxygen atoms in total. The van der Waals surface area contributed by atoms with Crippen LogP contribution in [0.1, 0.15) is 22.3 Å². The van der Waals surface area contributed by atoms with Crippen molar-refractivity contribution in [2.75, 3.05) is 0 Å². The summed E-state index contributed by atoms with van der Waals surface area (Å²) in [6.45, 7) is 15.4. The Hall–Kier alpha value is -6.88. The lowest BCUT2D eigenvalue weighted by molar-refractivity contribution is 0.447. The summed E-state index contributed by atoms with van der Waals surface area (Å²) in [5, 5.41) is 19.9. The molecular formula is C38H12F6N4. The van der Waals surface area contributed by atoms with Crippen molar-refractivity contribution < 1.29 is 26.3 Å². The van der Waals surface area contributed by atoms with Gasteiger partial charge in [-0.05, 0) is 115 Å². The van der Waals surface area contributed by atoms with Gasteiger partial charge in [0.25, 0.3) is 11.4 Å². The molecule has 0 spiro atoms. The number of hydrogen-bond acceptors (Lipinski definition) is 2. The van der Waals surface area contributed by atoms with Crippen LogP contribution in [0.4, 0.5) is 26.3 Å². The van der Waals surface area contributed by atoms with Crippen LogP contribution in [0, 0.1) is 70.7 Å². The molecule has 10 heteroatoms. The Morgan fingerprint density at radius 3 is 1.08 bits per heavy atom. The van der Waals surface area contributed by atoms with Crippen molar-refractivity contribution >= 4 is 11.1 Å². The first kappa shape index (κ1) is 29.8. The minimum atomic E-state index is -1.62. The number of nitriles is 2. The fourth-order valence-electron chi connectivity index (χ4n) is 6.31. The van der Waals surface area contributed by atoms with E-state index in [9.17, 15) is 36.9 Å². The number of nitrogens with zero attached hydrogens (tertiary/aromatic N) is 4. The van der Waals surface area contributed by atoms with E-state index < -0.39 is 34.9 Å². The van der Waals surface area contributed by atoms with Crippen LogP contribution < -0.4 is 0 Å². The highest BCUT2D eigenvalue weighted by Gasteiger charge is 2.34. The molecule has 5 aromatic carbocycles. The van der Waals surface area contributed by atoms with Crippen LogP contribution in [0.3, 0.4) is 0 Å². The monoisotopic (exact) mass is 638 g/mol. The molecule has 226 valence electrons. The zero-order chi connectivity index (χ0) is 34.0. The Morgan fingerprint density at radius 2 is 0.771 bits per heavy atom. The van der Waals surface area contributed by atoms with Crippen LogP contribution >= 0.6 is 0 Å². The fourth-order valence-corrected chi connectivity index (χ4v) is 6.31. The maximum atomic E-state index is 14.1. The molecule has 0 atom stereocenters. The fraction of sp³-hybridized carbons (Fsp3) is 0. The molecule has 0 radical (unpaired) electrons. The third kappa shape index (κ3) is 4.29. The second-order valence-electron chi connectivity index (χ2n) is 10.9. The number of halogens is 6. The van der Waals surface area contributed by atoms with Crippen molar-refractivity contribution in [3.05, 3.63) is 164 Å². The van der Waals surface area contributed by atoms with Crippen LogP contribution in [0.25, 0.3) is 65.3 Å². The van der Waals surface area contributed by atoms with E-state index in [-0.39, 0.29) is 33.7 Å². The number of benzene rings is 5. The van der Waals surface area contributed by atoms with Crippen LogP contribution in [0.2, 0.25) is 0 Å². The largest absolute Gasteiger partial charge is 0.270 e. The third-order valence-electron chi connectivity index (χ3n) is 8.40. The first-order chi connectivity index (χ1) is 23.1. The van der Waals surface area contributed by atoms with Gasteiger partial charge >= 0.3 is 0 Å². The molecule has 0 saturated carbocycles. The third-order valence-corrected chi connectivity index (χ3v) is 8.40. The second-order valence-corrected chi connectivity index (χ2v) is 10.9. The average molecular weight is 639 g/mol. The lowest BCUT2D eigenvalue weighted by Gasteiger charge is -2.09. The Balaban J connectivity index is 1.47. The summed E-state index contributed by atoms with van der Waals surface area (Å²) in [5.41, 5.74) is 4.45. The molecule has 48 heavy (non-hydrogen) atoms. The van der Waals surface area contributed by atoms with Crippen LogP contribution in [-0.2, 0) is 0 Å². The summed E-state index contributed by atoms with van der Waals surface area (Å²) in [6.07, 6.45) is 0. The highest BCUT2D eigenvalue weighted by atomic mass is 19.2. The first-order valence-corrected chi connectivity index (χ1v) is 13.9. The van der Waals surface area contributed by atoms with E-state index in [0.29, 0.717) is 55.6 Å². The lowest BCUT2D eigenvalue weighted by Crippen LogP contribution is -1.93. The zero-order valence-corrected chi connectivity index (χ0v) is 24.0. The summed E-state index contributed by atoms with van der Waals surface area (Å²) in [4.78, 5) is 6.84. The van der Waals surface area contributed by atoms with Crippen molar-refractivity contribution in [1.29, 1.82) is 10.5 Å². The van der Waals surface area contributed by atoms with Gasteiger partial charge < -0.3 is 0 Å². The number of rotatable bonds is 2. The standard InChI is InChI=1S/C38H12F6N4/c1-47-33(15-45)35-25-7-17(19-9-29(39)37(43)30(40)10-19)3-5-21(25)23-14-28-24(13-27(23)35)22-6-4-18(8-26(22)36(28)34(16-46)48-2)20-11-31(41)38(44)32(42)12-20/h3-14H/b35-33-,36-34+. The first-order valence-electron chi connectivity index (χ1n) is 13.9. The summed E-state index contributed by atoms with van der Waals surface area (Å²) in [6, 6.07) is 20.0. The van der Waals surface area contributed by atoms with Gasteiger partial charge in [0, 0.05) is 11.1 Å². The molecule has 2 aliphatic rings. The summed E-state index contributed by atoms with van der Waals surface area (Å²) in [5.74, 6) is -8.78. The maximum absolute atomic E-state index is 14.1. The SMILES string of the molecule is [C-]#[N+]/C(C#N)=C1/c2cc(-c3cc(F)c(F)c(F)c3)ccc2-c2cc3c(cc21)-c1ccc(-c2cc(F)c(F)c(F)c2)cc1/C3=C(/C#N)[N+]#[C-]. The number of fused-ring (bicyclic) bond motifs is 6. The topological polar surface area (TPSA) is 56.3 Å². The van der Waals surface area contributed by atoms with Gasteiger partial charge in [-0.25, -0.2) is 46.6 Å². The normalized spacial score (nSPS) is 14.0. The molecular weight excluding hydrogens is 626 g/mol. The molecule has 7 rings (SSSR count). The predicted molar refractivity (Wildman–Crippen MR) is 164 cm³/mol. The molecule has 0 bridgehead atoms. The van der Waals surface area contributed by atoms with Gasteiger partial charge in [0.05, 0.1) is 25.3 Å². The lowest BCUT2D eigenvalue weighted by atomic mass is 9.95. The Kier molecular flexibility index (Phi) is 6.76. The van der Waals surface area contributed by atoms with Crippen LogP contribution in [0.15, 0.2) is 84.2 Å². The van der Waals surface area contributed by atoms with Crippen molar-refractivity contribution in [2.45, 2.75) is 0 Å². The van der Waals surface area contributed by atoms with Crippen molar-refractivity contribution in [3.63, 3.8) is 0 Å². The Bertz CT molecular complexity index is 2310. The Labute approximate surface area is 268 Å². The van der Waals surface area contributed by atoms with Gasteiger partial charge in [-0.2, -0.15) is 0 Å². The van der Waals surface area contributed by atoms with E-state index in [1.165, 1.54) is 0 Å². The molecule has 0 amide bonds. The second kappa shape index (κ2) is 10.9. The molecule has 5 aromatic rings. The van der Waals surface area contributed by atoms with Gasteiger partial charge in [0.15, 0.2) is 34.9 Å². The molecule has 0 saturated heterocycles. The van der Waals surface area contributed by atoms with E-state index >= 15 is 0 Å². The molecule has 0 aliphatic heterocycles. The zero-order valence-electron chi connectivity index (χ0n) is 24.0. The van der Waals surface area contributed by atoms with Gasteiger partial charge in [0.1, 0.15) is 0 Å². The van der Waals surface area contributed by atoms with Gasteiger partial charge in [-0.1, -0.05) is 24.3 Å². The average Bonchev–Trinajstić information content (AvgIpc) is 3.57. The molecule has 0 fully saturated rings. The van der Waals surface area contributed by atoms with Crippen molar-refractivity contribution in [2.24, 2.45) is 0 Å². The van der Waals surface area contributed by atoms with Crippen molar-refractivity contribution in [3.8, 4) is 56.6 Å². The van der Waals surface area contributed by atoms with E-state index in [0.717, 1.165) is 24.3 Å². The van der Waals surface area contributed by atoms with Crippen molar-refractivity contribution in [1.82, 2.24) is 0 Å². The highest BCUT2D eigenvalue weighted by Crippen LogP contribution is 2.54. The quantitative estimate of drug-likeness (QED) is 0.0819. The number of hydrogen-bond donors (Lipinski definition) is 0. The molecule has 0 heterocycles. The van der Waals surface area contributed by atoms with E-state index in [1.807, 2.05) is 12.1 Å². The minimum absolute atomic E-state index is 0.0277. The van der Waals surface area contributed by atoms with E-state index in [1.54, 1.807) is 48.5 Å². The molecule has 0 unspecified atom stereocenters. The van der Waals surface area contributed by atoms with Crippen LogP contribution in [0.5, 0.6) is 0 Å².